The largest absolute Gasteiger partial charge is 0.466 e. The molecule has 0 radical (unpaired) electrons. The zero-order chi connectivity index (χ0) is 19.2. The number of hydrogen-bond donors (Lipinski definition) is 0. The molecule has 1 aliphatic rings. The van der Waals surface area contributed by atoms with Crippen molar-refractivity contribution < 1.29 is 14.3 Å². The highest BCUT2D eigenvalue weighted by Crippen LogP contribution is 2.22. The van der Waals surface area contributed by atoms with Crippen LogP contribution < -0.4 is 0 Å². The molecule has 0 N–H and O–H groups in total. The first kappa shape index (κ1) is 19.6. The Morgan fingerprint density at radius 2 is 2.11 bits per heavy atom. The number of likely N-dealkylation sites (tertiary alicyclic amines) is 1. The standard InChI is InChI=1S/C17H20ClN5O3S/c1-2-26-16(25)12-4-3-9-22(10-12)15(24)11-27-17-19-20-21-23(17)14-7-5-13(18)6-8-14/h5-8,12H,2-4,9-11H2,1H3/t12-/m0/s1. The van der Waals surface area contributed by atoms with Crippen LogP contribution in [0.1, 0.15) is 19.8 Å². The lowest BCUT2D eigenvalue weighted by Gasteiger charge is -2.31. The summed E-state index contributed by atoms with van der Waals surface area (Å²) in [5.41, 5.74) is 0.764. The molecule has 27 heavy (non-hydrogen) atoms. The van der Waals surface area contributed by atoms with Gasteiger partial charge in [-0.15, -0.1) is 5.10 Å². The number of tetrazole rings is 1. The Morgan fingerprint density at radius 3 is 2.85 bits per heavy atom. The fraction of sp³-hybridized carbons (Fsp3) is 0.471. The second kappa shape index (κ2) is 9.18. The molecule has 1 saturated heterocycles. The van der Waals surface area contributed by atoms with Crippen molar-refractivity contribution in [2.24, 2.45) is 5.92 Å². The zero-order valence-corrected chi connectivity index (χ0v) is 16.4. The number of rotatable bonds is 6. The molecule has 3 rings (SSSR count). The van der Waals surface area contributed by atoms with Crippen LogP contribution in [0.15, 0.2) is 29.4 Å². The maximum Gasteiger partial charge on any atom is 0.310 e. The number of benzene rings is 1. The highest BCUT2D eigenvalue weighted by Gasteiger charge is 2.29. The maximum absolute atomic E-state index is 12.6. The number of halogens is 1. The third-order valence-electron chi connectivity index (χ3n) is 4.23. The molecule has 2 heterocycles. The maximum atomic E-state index is 12.6. The summed E-state index contributed by atoms with van der Waals surface area (Å²) in [5.74, 6) is -0.315. The predicted octanol–water partition coefficient (Wildman–Crippen LogP) is 2.21. The number of ether oxygens (including phenoxy) is 1. The van der Waals surface area contributed by atoms with Gasteiger partial charge in [0, 0.05) is 18.1 Å². The molecule has 1 aromatic heterocycles. The molecule has 0 spiro atoms. The molecule has 0 saturated carbocycles. The minimum atomic E-state index is -0.243. The summed E-state index contributed by atoms with van der Waals surface area (Å²) in [7, 11) is 0. The van der Waals surface area contributed by atoms with Crippen LogP contribution in [0.5, 0.6) is 0 Å². The first-order valence-electron chi connectivity index (χ1n) is 8.70. The van der Waals surface area contributed by atoms with Gasteiger partial charge in [0.15, 0.2) is 0 Å². The van der Waals surface area contributed by atoms with Crippen molar-refractivity contribution in [2.75, 3.05) is 25.4 Å². The number of carbonyl (C=O) groups is 2. The van der Waals surface area contributed by atoms with Crippen molar-refractivity contribution >= 4 is 35.2 Å². The summed E-state index contributed by atoms with van der Waals surface area (Å²) < 4.78 is 6.64. The van der Waals surface area contributed by atoms with E-state index in [1.807, 2.05) is 0 Å². The highest BCUT2D eigenvalue weighted by atomic mass is 35.5. The summed E-state index contributed by atoms with van der Waals surface area (Å²) in [5, 5.41) is 12.8. The predicted molar refractivity (Wildman–Crippen MR) is 101 cm³/mol. The second-order valence-electron chi connectivity index (χ2n) is 6.07. The van der Waals surface area contributed by atoms with Gasteiger partial charge in [0.1, 0.15) is 0 Å². The minimum Gasteiger partial charge on any atom is -0.466 e. The van der Waals surface area contributed by atoms with Gasteiger partial charge in [0.25, 0.3) is 0 Å². The van der Waals surface area contributed by atoms with Gasteiger partial charge in [-0.3, -0.25) is 9.59 Å². The zero-order valence-electron chi connectivity index (χ0n) is 14.9. The van der Waals surface area contributed by atoms with Gasteiger partial charge in [-0.1, -0.05) is 23.4 Å². The van der Waals surface area contributed by atoms with Crippen molar-refractivity contribution in [3.05, 3.63) is 29.3 Å². The number of aromatic nitrogens is 4. The van der Waals surface area contributed by atoms with Crippen molar-refractivity contribution in [1.29, 1.82) is 0 Å². The molecule has 1 aromatic carbocycles. The summed E-state index contributed by atoms with van der Waals surface area (Å²) in [4.78, 5) is 26.2. The Kier molecular flexibility index (Phi) is 6.68. The Hall–Kier alpha value is -2.13. The Morgan fingerprint density at radius 1 is 1.33 bits per heavy atom. The van der Waals surface area contributed by atoms with Gasteiger partial charge >= 0.3 is 5.97 Å². The van der Waals surface area contributed by atoms with Crippen LogP contribution in [0.25, 0.3) is 5.69 Å². The molecule has 0 aliphatic carbocycles. The van der Waals surface area contributed by atoms with E-state index in [0.717, 1.165) is 18.5 Å². The van der Waals surface area contributed by atoms with E-state index in [1.54, 1.807) is 40.8 Å². The van der Waals surface area contributed by atoms with E-state index in [4.69, 9.17) is 16.3 Å². The van der Waals surface area contributed by atoms with Gasteiger partial charge in [-0.05, 0) is 54.5 Å². The Bertz CT molecular complexity index is 798. The van der Waals surface area contributed by atoms with Gasteiger partial charge in [0.2, 0.25) is 11.1 Å². The van der Waals surface area contributed by atoms with Crippen LogP contribution >= 0.6 is 23.4 Å². The number of hydrogen-bond acceptors (Lipinski definition) is 7. The topological polar surface area (TPSA) is 90.2 Å². The molecule has 144 valence electrons. The van der Waals surface area contributed by atoms with E-state index in [9.17, 15) is 9.59 Å². The van der Waals surface area contributed by atoms with E-state index >= 15 is 0 Å². The number of esters is 1. The van der Waals surface area contributed by atoms with Crippen molar-refractivity contribution in [1.82, 2.24) is 25.1 Å². The van der Waals surface area contributed by atoms with Crippen LogP contribution in [-0.2, 0) is 14.3 Å². The van der Waals surface area contributed by atoms with Crippen molar-refractivity contribution in [3.8, 4) is 5.69 Å². The second-order valence-corrected chi connectivity index (χ2v) is 7.45. The smallest absolute Gasteiger partial charge is 0.310 e. The lowest BCUT2D eigenvalue weighted by Crippen LogP contribution is -2.43. The number of thioether (sulfide) groups is 1. The number of carbonyl (C=O) groups excluding carboxylic acids is 2. The molecule has 1 atom stereocenters. The monoisotopic (exact) mass is 409 g/mol. The van der Waals surface area contributed by atoms with Crippen molar-refractivity contribution in [3.63, 3.8) is 0 Å². The molecular weight excluding hydrogens is 390 g/mol. The van der Waals surface area contributed by atoms with Crippen LogP contribution in [0.3, 0.4) is 0 Å². The first-order valence-corrected chi connectivity index (χ1v) is 10.1. The van der Waals surface area contributed by atoms with E-state index in [2.05, 4.69) is 15.5 Å². The molecule has 2 aromatic rings. The van der Waals surface area contributed by atoms with Gasteiger partial charge in [-0.2, -0.15) is 4.68 Å². The van der Waals surface area contributed by atoms with E-state index in [0.29, 0.717) is 29.9 Å². The van der Waals surface area contributed by atoms with E-state index in [-0.39, 0.29) is 23.5 Å². The fourth-order valence-electron chi connectivity index (χ4n) is 2.89. The van der Waals surface area contributed by atoms with Crippen LogP contribution in [-0.4, -0.2) is 62.4 Å². The van der Waals surface area contributed by atoms with Crippen LogP contribution in [0, 0.1) is 5.92 Å². The molecule has 1 fully saturated rings. The summed E-state index contributed by atoms with van der Waals surface area (Å²) >= 11 is 7.17. The molecule has 1 amide bonds. The van der Waals surface area contributed by atoms with Crippen LogP contribution in [0.4, 0.5) is 0 Å². The molecule has 0 unspecified atom stereocenters. The summed E-state index contributed by atoms with van der Waals surface area (Å²) in [6.45, 7) is 3.19. The third-order valence-corrected chi connectivity index (χ3v) is 5.39. The minimum absolute atomic E-state index is 0.0420. The number of piperidine rings is 1. The molecule has 0 bridgehead atoms. The third kappa shape index (κ3) is 4.98. The van der Waals surface area contributed by atoms with Gasteiger partial charge in [-0.25, -0.2) is 0 Å². The first-order chi connectivity index (χ1) is 13.1. The number of amides is 1. The average Bonchev–Trinajstić information content (AvgIpc) is 3.15. The molecule has 10 heteroatoms. The normalized spacial score (nSPS) is 17.0. The Balaban J connectivity index is 1.59. The van der Waals surface area contributed by atoms with Gasteiger partial charge < -0.3 is 9.64 Å². The van der Waals surface area contributed by atoms with Crippen LogP contribution in [0.2, 0.25) is 5.02 Å². The van der Waals surface area contributed by atoms with Crippen molar-refractivity contribution in [2.45, 2.75) is 24.9 Å². The summed E-state index contributed by atoms with van der Waals surface area (Å²) in [6.07, 6.45) is 1.55. The fourth-order valence-corrected chi connectivity index (χ4v) is 3.81. The average molecular weight is 410 g/mol. The van der Waals surface area contributed by atoms with E-state index < -0.39 is 0 Å². The molecule has 1 aliphatic heterocycles. The molecule has 8 nitrogen and oxygen atoms in total. The lowest BCUT2D eigenvalue weighted by molar-refractivity contribution is -0.151. The lowest BCUT2D eigenvalue weighted by atomic mass is 9.98. The highest BCUT2D eigenvalue weighted by molar-refractivity contribution is 7.99. The SMILES string of the molecule is CCOC(=O)[C@H]1CCCN(C(=O)CSc2nnnn2-c2ccc(Cl)cc2)C1. The molecular formula is C17H20ClN5O3S. The van der Waals surface area contributed by atoms with E-state index in [1.165, 1.54) is 11.8 Å². The summed E-state index contributed by atoms with van der Waals surface area (Å²) in [6, 6.07) is 7.11. The van der Waals surface area contributed by atoms with Gasteiger partial charge in [0.05, 0.1) is 24.0 Å². The quantitative estimate of drug-likeness (QED) is 0.533. The number of nitrogens with zero attached hydrogens (tertiary/aromatic N) is 5. The Labute approximate surface area is 166 Å².